The van der Waals surface area contributed by atoms with Crippen molar-refractivity contribution in [2.24, 2.45) is 0 Å². The van der Waals surface area contributed by atoms with E-state index >= 15 is 0 Å². The number of nitro groups is 2. The van der Waals surface area contributed by atoms with Gasteiger partial charge in [0, 0.05) is 12.1 Å². The van der Waals surface area contributed by atoms with Gasteiger partial charge in [0.2, 0.25) is 0 Å². The Morgan fingerprint density at radius 1 is 1.00 bits per heavy atom. The van der Waals surface area contributed by atoms with E-state index in [1.807, 2.05) is 26.0 Å². The zero-order valence-corrected chi connectivity index (χ0v) is 17.1. The summed E-state index contributed by atoms with van der Waals surface area (Å²) in [6.45, 7) is 3.43. The molecule has 2 aromatic carbocycles. The van der Waals surface area contributed by atoms with E-state index in [9.17, 15) is 29.8 Å². The average molecular weight is 447 g/mol. The highest BCUT2D eigenvalue weighted by atomic mass is 32.1. The van der Waals surface area contributed by atoms with Crippen LogP contribution in [-0.2, 0) is 4.79 Å². The summed E-state index contributed by atoms with van der Waals surface area (Å²) in [5.41, 5.74) is 4.78. The lowest BCUT2D eigenvalue weighted by Gasteiger charge is -2.12. The number of benzene rings is 2. The zero-order chi connectivity index (χ0) is 23.1. The highest BCUT2D eigenvalue weighted by Gasteiger charge is 2.20. The first kappa shape index (κ1) is 23.2. The third-order valence-electron chi connectivity index (χ3n) is 3.82. The summed E-state index contributed by atoms with van der Waals surface area (Å²) >= 11 is 4.86. The van der Waals surface area contributed by atoms with Crippen LogP contribution in [0.1, 0.15) is 21.5 Å². The Bertz CT molecular complexity index is 1040. The van der Waals surface area contributed by atoms with Gasteiger partial charge in [0.25, 0.3) is 23.2 Å². The van der Waals surface area contributed by atoms with E-state index in [0.717, 1.165) is 29.3 Å². The summed E-state index contributed by atoms with van der Waals surface area (Å²) in [6, 6.07) is 7.91. The fraction of sp³-hybridized carbons (Fsp3) is 0.167. The number of hydrazine groups is 1. The van der Waals surface area contributed by atoms with Gasteiger partial charge in [0.15, 0.2) is 11.7 Å². The third kappa shape index (κ3) is 6.71. The second-order valence-electron chi connectivity index (χ2n) is 6.27. The topological polar surface area (TPSA) is 166 Å². The van der Waals surface area contributed by atoms with Crippen LogP contribution in [0.4, 0.5) is 11.4 Å². The van der Waals surface area contributed by atoms with Gasteiger partial charge >= 0.3 is 0 Å². The monoisotopic (exact) mass is 447 g/mol. The van der Waals surface area contributed by atoms with Crippen LogP contribution in [0.2, 0.25) is 0 Å². The maximum absolute atomic E-state index is 12.2. The van der Waals surface area contributed by atoms with E-state index in [-0.39, 0.29) is 17.3 Å². The van der Waals surface area contributed by atoms with Crippen molar-refractivity contribution in [2.75, 3.05) is 6.61 Å². The number of nitro benzene ring substituents is 2. The number of carbonyl (C=O) groups excluding carboxylic acids is 2. The Hall–Kier alpha value is -4.13. The Kier molecular flexibility index (Phi) is 7.52. The standard InChI is InChI=1S/C18H17N5O7S/c1-10-3-4-15(11(2)5-10)30-9-16(24)20-21-18(31)19-17(25)12-6-13(22(26)27)8-14(7-12)23(28)29/h3-8H,9H2,1-2H3,(H,20,24)(H2,19,21,25,31). The molecule has 0 aliphatic carbocycles. The van der Waals surface area contributed by atoms with E-state index in [0.29, 0.717) is 5.75 Å². The van der Waals surface area contributed by atoms with E-state index < -0.39 is 33.0 Å². The molecule has 0 aliphatic rings. The molecule has 0 saturated heterocycles. The predicted octanol–water partition coefficient (Wildman–Crippen LogP) is 1.83. The van der Waals surface area contributed by atoms with Gasteiger partial charge in [-0.1, -0.05) is 17.7 Å². The molecule has 3 N–H and O–H groups in total. The summed E-state index contributed by atoms with van der Waals surface area (Å²) in [5.74, 6) is -1.00. The molecule has 0 unspecified atom stereocenters. The van der Waals surface area contributed by atoms with Gasteiger partial charge in [-0.2, -0.15) is 0 Å². The van der Waals surface area contributed by atoms with Crippen molar-refractivity contribution < 1.29 is 24.2 Å². The molecule has 2 rings (SSSR count). The molecule has 0 radical (unpaired) electrons. The molecular formula is C18H17N5O7S. The van der Waals surface area contributed by atoms with Crippen LogP contribution >= 0.6 is 12.2 Å². The average Bonchev–Trinajstić information content (AvgIpc) is 2.71. The van der Waals surface area contributed by atoms with Gasteiger partial charge < -0.3 is 4.74 Å². The van der Waals surface area contributed by atoms with Gasteiger partial charge in [-0.3, -0.25) is 46.0 Å². The second-order valence-corrected chi connectivity index (χ2v) is 6.67. The van der Waals surface area contributed by atoms with Crippen LogP contribution < -0.4 is 20.9 Å². The summed E-state index contributed by atoms with van der Waals surface area (Å²) in [6.07, 6.45) is 0. The number of nitrogens with one attached hydrogen (secondary N) is 3. The van der Waals surface area contributed by atoms with Gasteiger partial charge in [0.05, 0.1) is 21.5 Å². The molecule has 0 saturated carbocycles. The fourth-order valence-corrected chi connectivity index (χ4v) is 2.55. The Morgan fingerprint density at radius 3 is 2.16 bits per heavy atom. The quantitative estimate of drug-likeness (QED) is 0.340. The summed E-state index contributed by atoms with van der Waals surface area (Å²) in [7, 11) is 0. The second kappa shape index (κ2) is 10.1. The van der Waals surface area contributed by atoms with Crippen molar-refractivity contribution in [1.82, 2.24) is 16.2 Å². The maximum atomic E-state index is 12.2. The van der Waals surface area contributed by atoms with Crippen LogP contribution in [0, 0.1) is 34.1 Å². The molecule has 0 heterocycles. The minimum absolute atomic E-state index is 0.329. The van der Waals surface area contributed by atoms with E-state index in [2.05, 4.69) is 16.2 Å². The van der Waals surface area contributed by atoms with E-state index in [1.165, 1.54) is 0 Å². The van der Waals surface area contributed by atoms with Gasteiger partial charge in [-0.05, 0) is 37.7 Å². The summed E-state index contributed by atoms with van der Waals surface area (Å²) in [4.78, 5) is 44.2. The molecule has 162 valence electrons. The number of ether oxygens (including phenoxy) is 1. The number of thiocarbonyl (C=S) groups is 1. The van der Waals surface area contributed by atoms with Crippen LogP contribution in [0.25, 0.3) is 0 Å². The van der Waals surface area contributed by atoms with Crippen LogP contribution in [0.5, 0.6) is 5.75 Å². The van der Waals surface area contributed by atoms with Crippen LogP contribution in [-0.4, -0.2) is 33.4 Å². The van der Waals surface area contributed by atoms with Crippen molar-refractivity contribution in [3.8, 4) is 5.75 Å². The number of rotatable bonds is 6. The minimum atomic E-state index is -0.940. The number of hydrogen-bond acceptors (Lipinski definition) is 8. The minimum Gasteiger partial charge on any atom is -0.483 e. The number of hydrogen-bond donors (Lipinski definition) is 3. The smallest absolute Gasteiger partial charge is 0.277 e. The predicted molar refractivity (Wildman–Crippen MR) is 113 cm³/mol. The molecule has 0 aromatic heterocycles. The molecule has 31 heavy (non-hydrogen) atoms. The lowest BCUT2D eigenvalue weighted by Crippen LogP contribution is -2.49. The zero-order valence-electron chi connectivity index (χ0n) is 16.3. The first-order chi connectivity index (χ1) is 14.6. The Morgan fingerprint density at radius 2 is 1.61 bits per heavy atom. The molecule has 0 spiro atoms. The lowest BCUT2D eigenvalue weighted by molar-refractivity contribution is -0.394. The van der Waals surface area contributed by atoms with Crippen LogP contribution in [0.3, 0.4) is 0 Å². The molecule has 2 amide bonds. The van der Waals surface area contributed by atoms with E-state index in [4.69, 9.17) is 17.0 Å². The van der Waals surface area contributed by atoms with Crippen LogP contribution in [0.15, 0.2) is 36.4 Å². The molecule has 12 nitrogen and oxygen atoms in total. The number of carbonyl (C=O) groups is 2. The first-order valence-corrected chi connectivity index (χ1v) is 9.01. The third-order valence-corrected chi connectivity index (χ3v) is 4.02. The van der Waals surface area contributed by atoms with Gasteiger partial charge in [-0.25, -0.2) is 0 Å². The molecule has 0 atom stereocenters. The molecule has 2 aromatic rings. The lowest BCUT2D eigenvalue weighted by atomic mass is 10.1. The Balaban J connectivity index is 1.90. The highest BCUT2D eigenvalue weighted by Crippen LogP contribution is 2.22. The normalized spacial score (nSPS) is 10.0. The van der Waals surface area contributed by atoms with Crippen molar-refractivity contribution in [3.05, 3.63) is 73.3 Å². The SMILES string of the molecule is Cc1ccc(OCC(=O)NNC(=S)NC(=O)c2cc([N+](=O)[O-])cc([N+](=O)[O-])c2)c(C)c1. The van der Waals surface area contributed by atoms with Crippen molar-refractivity contribution in [3.63, 3.8) is 0 Å². The number of amides is 2. The number of aryl methyl sites for hydroxylation is 2. The van der Waals surface area contributed by atoms with Gasteiger partial charge in [0.1, 0.15) is 5.75 Å². The molecule has 0 aliphatic heterocycles. The van der Waals surface area contributed by atoms with Crippen molar-refractivity contribution in [1.29, 1.82) is 0 Å². The van der Waals surface area contributed by atoms with Crippen molar-refractivity contribution >= 4 is 40.5 Å². The van der Waals surface area contributed by atoms with Crippen molar-refractivity contribution in [2.45, 2.75) is 13.8 Å². The summed E-state index contributed by atoms with van der Waals surface area (Å²) < 4.78 is 5.40. The highest BCUT2D eigenvalue weighted by molar-refractivity contribution is 7.80. The molecular weight excluding hydrogens is 430 g/mol. The van der Waals surface area contributed by atoms with Gasteiger partial charge in [-0.15, -0.1) is 0 Å². The first-order valence-electron chi connectivity index (χ1n) is 8.61. The summed E-state index contributed by atoms with van der Waals surface area (Å²) in [5, 5.41) is 23.6. The fourth-order valence-electron chi connectivity index (χ4n) is 2.41. The maximum Gasteiger partial charge on any atom is 0.277 e. The molecule has 0 fully saturated rings. The molecule has 13 heteroatoms. The number of non-ortho nitro benzene ring substituents is 2. The Labute approximate surface area is 180 Å². The largest absolute Gasteiger partial charge is 0.483 e. The van der Waals surface area contributed by atoms with E-state index in [1.54, 1.807) is 6.07 Å². The molecule has 0 bridgehead atoms. The number of nitrogens with zero attached hydrogens (tertiary/aromatic N) is 2.